The number of nitrogens with zero attached hydrogens (tertiary/aromatic N) is 1. The van der Waals surface area contributed by atoms with E-state index in [0.29, 0.717) is 12.6 Å². The Morgan fingerprint density at radius 3 is 2.53 bits per heavy atom. The number of para-hydroxylation sites is 1. The number of hydrogen-bond donors (Lipinski definition) is 1. The van der Waals surface area contributed by atoms with E-state index in [1.165, 1.54) is 0 Å². The van der Waals surface area contributed by atoms with Crippen molar-refractivity contribution in [3.63, 3.8) is 0 Å². The average Bonchev–Trinajstić information content (AvgIpc) is 3.19. The van der Waals surface area contributed by atoms with Crippen molar-refractivity contribution in [2.24, 2.45) is 0 Å². The fraction of sp³-hybridized carbons (Fsp3) is 0.533. The second-order valence-corrected chi connectivity index (χ2v) is 5.05. The van der Waals surface area contributed by atoms with E-state index >= 15 is 0 Å². The maximum atomic E-state index is 12.1. The van der Waals surface area contributed by atoms with Crippen LogP contribution >= 0.6 is 0 Å². The SMILES string of the molecule is Cc1cccc(C)c1OCC(=O)N(CCO)C1CC1. The number of benzene rings is 1. The van der Waals surface area contributed by atoms with Gasteiger partial charge < -0.3 is 14.7 Å². The van der Waals surface area contributed by atoms with Gasteiger partial charge in [0.15, 0.2) is 6.61 Å². The summed E-state index contributed by atoms with van der Waals surface area (Å²) in [5.41, 5.74) is 2.07. The van der Waals surface area contributed by atoms with Gasteiger partial charge in [0.1, 0.15) is 5.75 Å². The molecule has 1 amide bonds. The highest BCUT2D eigenvalue weighted by atomic mass is 16.5. The first-order valence-corrected chi connectivity index (χ1v) is 6.73. The van der Waals surface area contributed by atoms with E-state index < -0.39 is 0 Å². The number of aliphatic hydroxyl groups is 1. The van der Waals surface area contributed by atoms with Gasteiger partial charge in [-0.1, -0.05) is 18.2 Å². The van der Waals surface area contributed by atoms with E-state index in [4.69, 9.17) is 9.84 Å². The smallest absolute Gasteiger partial charge is 0.260 e. The second kappa shape index (κ2) is 6.06. The number of carbonyl (C=O) groups excluding carboxylic acids is 1. The molecule has 0 radical (unpaired) electrons. The summed E-state index contributed by atoms with van der Waals surface area (Å²) in [6, 6.07) is 6.22. The molecule has 0 atom stereocenters. The van der Waals surface area contributed by atoms with Crippen molar-refractivity contribution in [3.8, 4) is 5.75 Å². The van der Waals surface area contributed by atoms with E-state index in [1.807, 2.05) is 32.0 Å². The number of aryl methyl sites for hydroxylation is 2. The predicted octanol–water partition coefficient (Wildman–Crippen LogP) is 1.67. The lowest BCUT2D eigenvalue weighted by atomic mass is 10.1. The normalized spacial score (nSPS) is 14.3. The van der Waals surface area contributed by atoms with Gasteiger partial charge in [-0.05, 0) is 37.8 Å². The zero-order chi connectivity index (χ0) is 13.8. The predicted molar refractivity (Wildman–Crippen MR) is 73.2 cm³/mol. The van der Waals surface area contributed by atoms with E-state index in [-0.39, 0.29) is 19.1 Å². The summed E-state index contributed by atoms with van der Waals surface area (Å²) in [6.07, 6.45) is 2.07. The maximum Gasteiger partial charge on any atom is 0.260 e. The van der Waals surface area contributed by atoms with Gasteiger partial charge in [-0.3, -0.25) is 4.79 Å². The van der Waals surface area contributed by atoms with Gasteiger partial charge in [0, 0.05) is 12.6 Å². The van der Waals surface area contributed by atoms with Crippen LogP contribution in [0.25, 0.3) is 0 Å². The minimum Gasteiger partial charge on any atom is -0.483 e. The summed E-state index contributed by atoms with van der Waals surface area (Å²) in [5, 5.41) is 9.00. The van der Waals surface area contributed by atoms with Gasteiger partial charge in [0.25, 0.3) is 5.91 Å². The third-order valence-corrected chi connectivity index (χ3v) is 3.40. The van der Waals surface area contributed by atoms with Crippen molar-refractivity contribution in [2.45, 2.75) is 32.7 Å². The number of aliphatic hydroxyl groups excluding tert-OH is 1. The molecule has 0 saturated heterocycles. The zero-order valence-electron chi connectivity index (χ0n) is 11.6. The third kappa shape index (κ3) is 3.47. The van der Waals surface area contributed by atoms with Crippen LogP contribution in [-0.2, 0) is 4.79 Å². The summed E-state index contributed by atoms with van der Waals surface area (Å²) in [7, 11) is 0. The van der Waals surface area contributed by atoms with Crippen LogP contribution in [0, 0.1) is 13.8 Å². The molecule has 1 aromatic carbocycles. The molecule has 0 bridgehead atoms. The van der Waals surface area contributed by atoms with Crippen molar-refractivity contribution in [1.29, 1.82) is 0 Å². The summed E-state index contributed by atoms with van der Waals surface area (Å²) >= 11 is 0. The van der Waals surface area contributed by atoms with Crippen LogP contribution in [0.5, 0.6) is 5.75 Å². The summed E-state index contributed by atoms with van der Waals surface area (Å²) < 4.78 is 5.66. The first-order chi connectivity index (χ1) is 9.13. The molecule has 1 aliphatic carbocycles. The first kappa shape index (κ1) is 13.9. The molecule has 104 valence electrons. The standard InChI is InChI=1S/C15H21NO3/c1-11-4-3-5-12(2)15(11)19-10-14(18)16(8-9-17)13-6-7-13/h3-5,13,17H,6-10H2,1-2H3. The van der Waals surface area contributed by atoms with Crippen LogP contribution in [0.2, 0.25) is 0 Å². The zero-order valence-corrected chi connectivity index (χ0v) is 11.6. The molecule has 4 nitrogen and oxygen atoms in total. The van der Waals surface area contributed by atoms with Crippen LogP contribution in [0.3, 0.4) is 0 Å². The van der Waals surface area contributed by atoms with E-state index in [1.54, 1.807) is 4.90 Å². The Labute approximate surface area is 114 Å². The Bertz CT molecular complexity index is 434. The van der Waals surface area contributed by atoms with Crippen LogP contribution in [0.1, 0.15) is 24.0 Å². The van der Waals surface area contributed by atoms with E-state index in [0.717, 1.165) is 29.7 Å². The van der Waals surface area contributed by atoms with E-state index in [9.17, 15) is 4.79 Å². The van der Waals surface area contributed by atoms with Crippen molar-refractivity contribution in [3.05, 3.63) is 29.3 Å². The molecule has 1 saturated carbocycles. The third-order valence-electron chi connectivity index (χ3n) is 3.40. The molecule has 0 aromatic heterocycles. The molecule has 19 heavy (non-hydrogen) atoms. The van der Waals surface area contributed by atoms with E-state index in [2.05, 4.69) is 0 Å². The van der Waals surface area contributed by atoms with Gasteiger partial charge in [-0.15, -0.1) is 0 Å². The molecule has 4 heteroatoms. The maximum absolute atomic E-state index is 12.1. The summed E-state index contributed by atoms with van der Waals surface area (Å²) in [5.74, 6) is 0.745. The molecule has 0 spiro atoms. The van der Waals surface area contributed by atoms with Crippen molar-refractivity contribution in [1.82, 2.24) is 4.90 Å². The molecule has 1 aliphatic rings. The molecule has 1 N–H and O–H groups in total. The summed E-state index contributed by atoms with van der Waals surface area (Å²) in [6.45, 7) is 4.39. The highest BCUT2D eigenvalue weighted by molar-refractivity contribution is 5.78. The fourth-order valence-corrected chi connectivity index (χ4v) is 2.25. The second-order valence-electron chi connectivity index (χ2n) is 5.05. The molecule has 0 unspecified atom stereocenters. The fourth-order valence-electron chi connectivity index (χ4n) is 2.25. The quantitative estimate of drug-likeness (QED) is 0.849. The highest BCUT2D eigenvalue weighted by Gasteiger charge is 2.32. The lowest BCUT2D eigenvalue weighted by molar-refractivity contribution is -0.134. The minimum absolute atomic E-state index is 0.00559. The first-order valence-electron chi connectivity index (χ1n) is 6.73. The Hall–Kier alpha value is -1.55. The number of carbonyl (C=O) groups is 1. The molecule has 0 aliphatic heterocycles. The molecular weight excluding hydrogens is 242 g/mol. The lowest BCUT2D eigenvalue weighted by Crippen LogP contribution is -2.38. The number of amides is 1. The van der Waals surface area contributed by atoms with Crippen molar-refractivity contribution >= 4 is 5.91 Å². The van der Waals surface area contributed by atoms with Gasteiger partial charge in [0.2, 0.25) is 0 Å². The lowest BCUT2D eigenvalue weighted by Gasteiger charge is -2.22. The van der Waals surface area contributed by atoms with Crippen molar-refractivity contribution in [2.75, 3.05) is 19.8 Å². The Morgan fingerprint density at radius 1 is 1.37 bits per heavy atom. The topological polar surface area (TPSA) is 49.8 Å². The molecule has 2 rings (SSSR count). The minimum atomic E-state index is -0.0424. The number of ether oxygens (including phenoxy) is 1. The van der Waals surface area contributed by atoms with Gasteiger partial charge >= 0.3 is 0 Å². The monoisotopic (exact) mass is 263 g/mol. The molecule has 0 heterocycles. The van der Waals surface area contributed by atoms with Crippen LogP contribution in [0.15, 0.2) is 18.2 Å². The Morgan fingerprint density at radius 2 is 2.00 bits per heavy atom. The van der Waals surface area contributed by atoms with Gasteiger partial charge in [0.05, 0.1) is 6.61 Å². The van der Waals surface area contributed by atoms with Crippen LogP contribution in [0.4, 0.5) is 0 Å². The van der Waals surface area contributed by atoms with Crippen LogP contribution in [-0.4, -0.2) is 41.7 Å². The van der Waals surface area contributed by atoms with Crippen LogP contribution < -0.4 is 4.74 Å². The molecule has 1 fully saturated rings. The number of rotatable bonds is 6. The van der Waals surface area contributed by atoms with Crippen molar-refractivity contribution < 1.29 is 14.6 Å². The Balaban J connectivity index is 1.95. The van der Waals surface area contributed by atoms with Gasteiger partial charge in [-0.2, -0.15) is 0 Å². The summed E-state index contributed by atoms with van der Waals surface area (Å²) in [4.78, 5) is 13.8. The molecular formula is C15H21NO3. The molecule has 1 aromatic rings. The number of hydrogen-bond acceptors (Lipinski definition) is 3. The highest BCUT2D eigenvalue weighted by Crippen LogP contribution is 2.27. The average molecular weight is 263 g/mol. The van der Waals surface area contributed by atoms with Gasteiger partial charge in [-0.25, -0.2) is 0 Å². The Kier molecular flexibility index (Phi) is 4.43. The largest absolute Gasteiger partial charge is 0.483 e.